The zero-order valence-corrected chi connectivity index (χ0v) is 13.6. The van der Waals surface area contributed by atoms with Gasteiger partial charge in [0.1, 0.15) is 6.04 Å². The third kappa shape index (κ3) is 4.30. The van der Waals surface area contributed by atoms with Gasteiger partial charge in [-0.1, -0.05) is 32.8 Å². The summed E-state index contributed by atoms with van der Waals surface area (Å²) in [6.07, 6.45) is 4.51. The summed E-state index contributed by atoms with van der Waals surface area (Å²) in [6, 6.07) is 3.20. The molecule has 2 rings (SSSR count). The molecule has 5 heteroatoms. The highest BCUT2D eigenvalue weighted by Gasteiger charge is 2.29. The fourth-order valence-corrected chi connectivity index (χ4v) is 3.25. The first kappa shape index (κ1) is 16.0. The number of nitrogens with one attached hydrogen (secondary N) is 1. The van der Waals surface area contributed by atoms with Crippen LogP contribution in [0.3, 0.4) is 0 Å². The molecule has 2 heterocycles. The van der Waals surface area contributed by atoms with Crippen molar-refractivity contribution in [3.63, 3.8) is 0 Å². The van der Waals surface area contributed by atoms with Crippen molar-refractivity contribution in [2.24, 2.45) is 5.92 Å². The number of likely N-dealkylation sites (tertiary alicyclic amines) is 1. The number of nitrogens with zero attached hydrogens (tertiary/aromatic N) is 1. The number of carbonyl (C=O) groups excluding carboxylic acids is 2. The van der Waals surface area contributed by atoms with E-state index in [0.717, 1.165) is 25.9 Å². The van der Waals surface area contributed by atoms with Crippen LogP contribution in [0, 0.1) is 5.92 Å². The second-order valence-electron chi connectivity index (χ2n) is 5.91. The highest BCUT2D eigenvalue weighted by Crippen LogP contribution is 2.15. The smallest absolute Gasteiger partial charge is 0.262 e. The molecule has 0 bridgehead atoms. The summed E-state index contributed by atoms with van der Waals surface area (Å²) < 4.78 is 0. The van der Waals surface area contributed by atoms with Crippen LogP contribution in [-0.2, 0) is 4.79 Å². The summed E-state index contributed by atoms with van der Waals surface area (Å²) in [4.78, 5) is 27.5. The van der Waals surface area contributed by atoms with Crippen LogP contribution in [0.4, 0.5) is 0 Å². The third-order valence-electron chi connectivity index (χ3n) is 3.88. The monoisotopic (exact) mass is 308 g/mol. The van der Waals surface area contributed by atoms with Gasteiger partial charge in [-0.05, 0) is 30.2 Å². The Morgan fingerprint density at radius 1 is 1.19 bits per heavy atom. The van der Waals surface area contributed by atoms with E-state index in [0.29, 0.717) is 4.88 Å². The van der Waals surface area contributed by atoms with Crippen molar-refractivity contribution in [3.05, 3.63) is 22.4 Å². The zero-order chi connectivity index (χ0) is 15.2. The summed E-state index contributed by atoms with van der Waals surface area (Å²) in [6.45, 7) is 5.60. The number of hydrogen-bond donors (Lipinski definition) is 1. The van der Waals surface area contributed by atoms with E-state index in [-0.39, 0.29) is 17.7 Å². The van der Waals surface area contributed by atoms with E-state index in [4.69, 9.17) is 0 Å². The highest BCUT2D eigenvalue weighted by atomic mass is 32.1. The predicted octanol–water partition coefficient (Wildman–Crippen LogP) is 2.91. The molecule has 1 aliphatic rings. The van der Waals surface area contributed by atoms with E-state index in [1.54, 1.807) is 6.07 Å². The van der Waals surface area contributed by atoms with E-state index >= 15 is 0 Å². The molecule has 0 spiro atoms. The maximum atomic E-state index is 12.7. The van der Waals surface area contributed by atoms with Crippen molar-refractivity contribution in [1.82, 2.24) is 10.2 Å². The van der Waals surface area contributed by atoms with Gasteiger partial charge in [0.2, 0.25) is 5.91 Å². The second kappa shape index (κ2) is 7.59. The topological polar surface area (TPSA) is 49.4 Å². The van der Waals surface area contributed by atoms with Gasteiger partial charge in [-0.25, -0.2) is 0 Å². The number of amides is 2. The Bertz CT molecular complexity index is 463. The standard InChI is InChI=1S/C16H24N2O2S/c1-12(2)14(17-15(19)13-8-7-11-21-13)16(20)18-9-5-3-4-6-10-18/h7-8,11-12,14H,3-6,9-10H2,1-2H3,(H,17,19). The average Bonchev–Trinajstić information content (AvgIpc) is 2.86. The van der Waals surface area contributed by atoms with Crippen molar-refractivity contribution in [2.75, 3.05) is 13.1 Å². The van der Waals surface area contributed by atoms with Gasteiger partial charge < -0.3 is 10.2 Å². The Hall–Kier alpha value is -1.36. The fraction of sp³-hybridized carbons (Fsp3) is 0.625. The lowest BCUT2D eigenvalue weighted by Gasteiger charge is -2.28. The Kier molecular flexibility index (Phi) is 5.79. The largest absolute Gasteiger partial charge is 0.341 e. The van der Waals surface area contributed by atoms with Crippen LogP contribution in [-0.4, -0.2) is 35.8 Å². The van der Waals surface area contributed by atoms with E-state index in [2.05, 4.69) is 5.32 Å². The van der Waals surface area contributed by atoms with Crippen molar-refractivity contribution in [3.8, 4) is 0 Å². The summed E-state index contributed by atoms with van der Waals surface area (Å²) in [5, 5.41) is 4.79. The van der Waals surface area contributed by atoms with E-state index in [1.807, 2.05) is 30.2 Å². The van der Waals surface area contributed by atoms with Crippen LogP contribution in [0.15, 0.2) is 17.5 Å². The van der Waals surface area contributed by atoms with Crippen LogP contribution in [0.1, 0.15) is 49.2 Å². The predicted molar refractivity (Wildman–Crippen MR) is 85.5 cm³/mol. The minimum absolute atomic E-state index is 0.0665. The summed E-state index contributed by atoms with van der Waals surface area (Å²) in [5.74, 6) is 0.00773. The van der Waals surface area contributed by atoms with Crippen molar-refractivity contribution in [2.45, 2.75) is 45.6 Å². The van der Waals surface area contributed by atoms with E-state index in [9.17, 15) is 9.59 Å². The number of hydrogen-bond acceptors (Lipinski definition) is 3. The van der Waals surface area contributed by atoms with Gasteiger partial charge in [-0.2, -0.15) is 0 Å². The summed E-state index contributed by atoms with van der Waals surface area (Å²) >= 11 is 1.40. The molecule has 1 atom stereocenters. The molecule has 21 heavy (non-hydrogen) atoms. The van der Waals surface area contributed by atoms with E-state index < -0.39 is 6.04 Å². The average molecular weight is 308 g/mol. The molecule has 116 valence electrons. The molecule has 1 aliphatic heterocycles. The van der Waals surface area contributed by atoms with Gasteiger partial charge in [0.05, 0.1) is 4.88 Å². The Morgan fingerprint density at radius 2 is 1.86 bits per heavy atom. The summed E-state index contributed by atoms with van der Waals surface area (Å²) in [7, 11) is 0. The molecular weight excluding hydrogens is 284 g/mol. The third-order valence-corrected chi connectivity index (χ3v) is 4.75. The van der Waals surface area contributed by atoms with Gasteiger partial charge in [0.25, 0.3) is 5.91 Å². The van der Waals surface area contributed by atoms with Gasteiger partial charge in [-0.15, -0.1) is 11.3 Å². The molecule has 1 N–H and O–H groups in total. The molecule has 0 aliphatic carbocycles. The van der Waals surface area contributed by atoms with Crippen molar-refractivity contribution in [1.29, 1.82) is 0 Å². The second-order valence-corrected chi connectivity index (χ2v) is 6.86. The molecule has 1 fully saturated rings. The molecule has 1 aromatic heterocycles. The molecular formula is C16H24N2O2S. The van der Waals surface area contributed by atoms with Gasteiger partial charge in [0.15, 0.2) is 0 Å². The first-order valence-corrected chi connectivity index (χ1v) is 8.60. The van der Waals surface area contributed by atoms with Crippen LogP contribution in [0.5, 0.6) is 0 Å². The first-order valence-electron chi connectivity index (χ1n) is 7.72. The lowest BCUT2D eigenvalue weighted by atomic mass is 10.0. The minimum Gasteiger partial charge on any atom is -0.341 e. The Labute approximate surface area is 130 Å². The highest BCUT2D eigenvalue weighted by molar-refractivity contribution is 7.12. The SMILES string of the molecule is CC(C)C(NC(=O)c1cccs1)C(=O)N1CCCCCC1. The van der Waals surface area contributed by atoms with Crippen molar-refractivity contribution < 1.29 is 9.59 Å². The Morgan fingerprint density at radius 3 is 2.38 bits per heavy atom. The molecule has 0 radical (unpaired) electrons. The number of thiophene rings is 1. The molecule has 2 amide bonds. The maximum absolute atomic E-state index is 12.7. The van der Waals surface area contributed by atoms with Crippen molar-refractivity contribution >= 4 is 23.2 Å². The number of rotatable bonds is 4. The van der Waals surface area contributed by atoms with Gasteiger partial charge in [-0.3, -0.25) is 9.59 Å². The first-order chi connectivity index (χ1) is 10.1. The molecule has 0 aromatic carbocycles. The summed E-state index contributed by atoms with van der Waals surface area (Å²) in [5.41, 5.74) is 0. The fourth-order valence-electron chi connectivity index (χ4n) is 2.62. The normalized spacial score (nSPS) is 17.4. The van der Waals surface area contributed by atoms with Crippen LogP contribution in [0.25, 0.3) is 0 Å². The molecule has 1 saturated heterocycles. The minimum atomic E-state index is -0.433. The van der Waals surface area contributed by atoms with Gasteiger partial charge >= 0.3 is 0 Å². The van der Waals surface area contributed by atoms with Crippen LogP contribution >= 0.6 is 11.3 Å². The quantitative estimate of drug-likeness (QED) is 0.930. The van der Waals surface area contributed by atoms with Crippen LogP contribution < -0.4 is 5.32 Å². The van der Waals surface area contributed by atoms with E-state index in [1.165, 1.54) is 24.2 Å². The lowest BCUT2D eigenvalue weighted by molar-refractivity contribution is -0.134. The lowest BCUT2D eigenvalue weighted by Crippen LogP contribution is -2.51. The van der Waals surface area contributed by atoms with Crippen LogP contribution in [0.2, 0.25) is 0 Å². The zero-order valence-electron chi connectivity index (χ0n) is 12.8. The Balaban J connectivity index is 2.03. The van der Waals surface area contributed by atoms with Gasteiger partial charge in [0, 0.05) is 13.1 Å². The maximum Gasteiger partial charge on any atom is 0.262 e. The molecule has 4 nitrogen and oxygen atoms in total. The molecule has 1 unspecified atom stereocenters. The molecule has 1 aromatic rings. The molecule has 0 saturated carbocycles. The number of carbonyl (C=O) groups is 2.